The molecule has 102 valence electrons. The van der Waals surface area contributed by atoms with Gasteiger partial charge in [0.2, 0.25) is 0 Å². The normalized spacial score (nSPS) is 12.9. The average Bonchev–Trinajstić information content (AvgIpc) is 2.83. The summed E-state index contributed by atoms with van der Waals surface area (Å²) in [6.45, 7) is 8.52. The molecule has 0 aliphatic rings. The molecule has 0 aliphatic heterocycles. The van der Waals surface area contributed by atoms with Crippen LogP contribution >= 0.6 is 11.5 Å². The van der Waals surface area contributed by atoms with Gasteiger partial charge in [0.05, 0.1) is 10.6 Å². The number of aromatic nitrogens is 2. The Kier molecular flexibility index (Phi) is 4.32. The smallest absolute Gasteiger partial charge is 0.0829 e. The van der Waals surface area contributed by atoms with Crippen LogP contribution in [0.25, 0.3) is 0 Å². The topological polar surface area (TPSA) is 51.8 Å². The van der Waals surface area contributed by atoms with Crippen LogP contribution in [-0.2, 0) is 6.42 Å². The molecule has 0 fully saturated rings. The Labute approximate surface area is 119 Å². The van der Waals surface area contributed by atoms with Gasteiger partial charge in [-0.15, -0.1) is 5.10 Å². The fraction of sp³-hybridized carbons (Fsp3) is 0.467. The number of hydrogen-bond acceptors (Lipinski definition) is 4. The lowest BCUT2D eigenvalue weighted by atomic mass is 9.98. The summed E-state index contributed by atoms with van der Waals surface area (Å²) in [6.07, 6.45) is 0.838. The van der Waals surface area contributed by atoms with E-state index in [1.165, 1.54) is 28.2 Å². The van der Waals surface area contributed by atoms with E-state index in [1.807, 2.05) is 0 Å². The van der Waals surface area contributed by atoms with Gasteiger partial charge in [-0.25, -0.2) is 0 Å². The molecule has 0 spiro atoms. The van der Waals surface area contributed by atoms with E-state index >= 15 is 0 Å². The predicted molar refractivity (Wildman–Crippen MR) is 80.5 cm³/mol. The molecular weight excluding hydrogens is 254 g/mol. The second kappa shape index (κ2) is 5.80. The van der Waals surface area contributed by atoms with Gasteiger partial charge < -0.3 is 5.73 Å². The maximum Gasteiger partial charge on any atom is 0.0829 e. The van der Waals surface area contributed by atoms with Crippen molar-refractivity contribution >= 4 is 11.5 Å². The molecule has 0 radical (unpaired) electrons. The molecule has 1 unspecified atom stereocenters. The van der Waals surface area contributed by atoms with Crippen LogP contribution in [0.3, 0.4) is 0 Å². The van der Waals surface area contributed by atoms with Gasteiger partial charge in [-0.2, -0.15) is 0 Å². The highest BCUT2D eigenvalue weighted by Crippen LogP contribution is 2.27. The Bertz CT molecular complexity index is 560. The molecule has 1 aromatic carbocycles. The lowest BCUT2D eigenvalue weighted by Crippen LogP contribution is -2.14. The van der Waals surface area contributed by atoms with E-state index in [-0.39, 0.29) is 6.04 Å². The van der Waals surface area contributed by atoms with E-state index in [2.05, 4.69) is 55.5 Å². The van der Waals surface area contributed by atoms with Crippen LogP contribution in [0.4, 0.5) is 0 Å². The molecule has 0 aliphatic carbocycles. The fourth-order valence-corrected chi connectivity index (χ4v) is 2.94. The summed E-state index contributed by atoms with van der Waals surface area (Å²) in [6, 6.07) is 6.52. The van der Waals surface area contributed by atoms with E-state index in [4.69, 9.17) is 5.73 Å². The van der Waals surface area contributed by atoms with Crippen LogP contribution in [0, 0.1) is 13.8 Å². The van der Waals surface area contributed by atoms with Gasteiger partial charge in [0.25, 0.3) is 0 Å². The van der Waals surface area contributed by atoms with Crippen molar-refractivity contribution in [3.63, 3.8) is 0 Å². The molecule has 1 aromatic heterocycles. The molecule has 2 aromatic rings. The van der Waals surface area contributed by atoms with Gasteiger partial charge in [0.1, 0.15) is 0 Å². The molecule has 0 amide bonds. The number of nitrogens with two attached hydrogens (primary N) is 1. The minimum absolute atomic E-state index is 0.0143. The number of hydrogen-bond donors (Lipinski definition) is 1. The first-order valence-electron chi connectivity index (χ1n) is 6.63. The van der Waals surface area contributed by atoms with Crippen molar-refractivity contribution in [3.8, 4) is 0 Å². The summed E-state index contributed by atoms with van der Waals surface area (Å²) in [5.74, 6) is 0.375. The summed E-state index contributed by atoms with van der Waals surface area (Å²) in [5.41, 5.74) is 11.3. The summed E-state index contributed by atoms with van der Waals surface area (Å²) in [4.78, 5) is 1.12. The molecule has 3 nitrogen and oxygen atoms in total. The summed E-state index contributed by atoms with van der Waals surface area (Å²) < 4.78 is 4.05. The molecule has 2 N–H and O–H groups in total. The maximum absolute atomic E-state index is 6.33. The molecule has 1 atom stereocenters. The van der Waals surface area contributed by atoms with Gasteiger partial charge in [0, 0.05) is 6.04 Å². The quantitative estimate of drug-likeness (QED) is 0.928. The van der Waals surface area contributed by atoms with Gasteiger partial charge >= 0.3 is 0 Å². The first-order valence-corrected chi connectivity index (χ1v) is 7.40. The SMILES string of the molecule is Cc1ccc(CC(N)c2snnc2C(C)C)cc1C. The van der Waals surface area contributed by atoms with Crippen LogP contribution in [0.2, 0.25) is 0 Å². The average molecular weight is 275 g/mol. The van der Waals surface area contributed by atoms with E-state index in [0.717, 1.165) is 17.0 Å². The number of aryl methyl sites for hydroxylation is 2. The molecule has 4 heteroatoms. The van der Waals surface area contributed by atoms with Crippen LogP contribution in [-0.4, -0.2) is 9.59 Å². The second-order valence-corrected chi connectivity index (χ2v) is 6.19. The van der Waals surface area contributed by atoms with Gasteiger partial charge in [-0.1, -0.05) is 36.5 Å². The number of rotatable bonds is 4. The highest BCUT2D eigenvalue weighted by molar-refractivity contribution is 7.05. The lowest BCUT2D eigenvalue weighted by Gasteiger charge is -2.13. The second-order valence-electron chi connectivity index (χ2n) is 5.41. The Morgan fingerprint density at radius 2 is 1.95 bits per heavy atom. The lowest BCUT2D eigenvalue weighted by molar-refractivity contribution is 0.700. The van der Waals surface area contributed by atoms with Gasteiger partial charge in [0.15, 0.2) is 0 Å². The molecular formula is C15H21N3S. The predicted octanol–water partition coefficient (Wildman–Crippen LogP) is 3.52. The minimum atomic E-state index is -0.0143. The summed E-state index contributed by atoms with van der Waals surface area (Å²) in [5, 5.41) is 4.20. The third kappa shape index (κ3) is 3.19. The van der Waals surface area contributed by atoms with E-state index in [1.54, 1.807) is 0 Å². The van der Waals surface area contributed by atoms with Crippen molar-refractivity contribution in [1.82, 2.24) is 9.59 Å². The maximum atomic E-state index is 6.33. The molecule has 2 rings (SSSR count). The zero-order valence-corrected chi connectivity index (χ0v) is 12.8. The van der Waals surface area contributed by atoms with Crippen LogP contribution in [0.1, 0.15) is 53.1 Å². The zero-order valence-electron chi connectivity index (χ0n) is 12.0. The minimum Gasteiger partial charge on any atom is -0.323 e. The first-order chi connectivity index (χ1) is 8.99. The molecule has 0 saturated heterocycles. The fourth-order valence-electron chi connectivity index (χ4n) is 2.14. The Balaban J connectivity index is 2.18. The molecule has 19 heavy (non-hydrogen) atoms. The largest absolute Gasteiger partial charge is 0.323 e. The zero-order chi connectivity index (χ0) is 14.0. The number of benzene rings is 1. The van der Waals surface area contributed by atoms with Crippen LogP contribution < -0.4 is 5.73 Å². The third-order valence-electron chi connectivity index (χ3n) is 3.45. The van der Waals surface area contributed by atoms with Crippen molar-refractivity contribution in [3.05, 3.63) is 45.5 Å². The van der Waals surface area contributed by atoms with Crippen LogP contribution in [0.15, 0.2) is 18.2 Å². The monoisotopic (exact) mass is 275 g/mol. The van der Waals surface area contributed by atoms with Gasteiger partial charge in [-0.05, 0) is 54.4 Å². The number of nitrogens with zero attached hydrogens (tertiary/aromatic N) is 2. The van der Waals surface area contributed by atoms with Crippen molar-refractivity contribution < 1.29 is 0 Å². The van der Waals surface area contributed by atoms with E-state index in [9.17, 15) is 0 Å². The summed E-state index contributed by atoms with van der Waals surface area (Å²) >= 11 is 1.43. The molecule has 0 saturated carbocycles. The highest BCUT2D eigenvalue weighted by atomic mass is 32.1. The van der Waals surface area contributed by atoms with Crippen molar-refractivity contribution in [2.24, 2.45) is 5.73 Å². The van der Waals surface area contributed by atoms with Gasteiger partial charge in [-0.3, -0.25) is 0 Å². The molecule has 0 bridgehead atoms. The Hall–Kier alpha value is -1.26. The molecule has 1 heterocycles. The first kappa shape index (κ1) is 14.2. The van der Waals surface area contributed by atoms with Crippen molar-refractivity contribution in [2.75, 3.05) is 0 Å². The third-order valence-corrected chi connectivity index (χ3v) is 4.32. The Morgan fingerprint density at radius 1 is 1.21 bits per heavy atom. The summed E-state index contributed by atoms with van der Waals surface area (Å²) in [7, 11) is 0. The van der Waals surface area contributed by atoms with Crippen LogP contribution in [0.5, 0.6) is 0 Å². The van der Waals surface area contributed by atoms with Crippen molar-refractivity contribution in [2.45, 2.75) is 46.1 Å². The standard InChI is InChI=1S/C15H21N3S/c1-9(2)14-15(19-18-17-14)13(16)8-12-6-5-10(3)11(4)7-12/h5-7,9,13H,8,16H2,1-4H3. The van der Waals surface area contributed by atoms with E-state index < -0.39 is 0 Å². The van der Waals surface area contributed by atoms with Crippen molar-refractivity contribution in [1.29, 1.82) is 0 Å². The Morgan fingerprint density at radius 3 is 2.58 bits per heavy atom. The van der Waals surface area contributed by atoms with E-state index in [0.29, 0.717) is 5.92 Å². The highest BCUT2D eigenvalue weighted by Gasteiger charge is 2.18.